The summed E-state index contributed by atoms with van der Waals surface area (Å²) >= 11 is 0. The van der Waals surface area contributed by atoms with Gasteiger partial charge in [-0.05, 0) is 31.0 Å². The van der Waals surface area contributed by atoms with Gasteiger partial charge in [-0.1, -0.05) is 6.07 Å². The first kappa shape index (κ1) is 23.5. The number of ether oxygens (including phenoxy) is 1. The number of rotatable bonds is 11. The lowest BCUT2D eigenvalue weighted by Gasteiger charge is -2.16. The highest BCUT2D eigenvalue weighted by atomic mass is 16.5. The number of carbonyl (C=O) groups excluding carboxylic acids is 3. The van der Waals surface area contributed by atoms with Crippen LogP contribution in [0.3, 0.4) is 0 Å². The van der Waals surface area contributed by atoms with Crippen molar-refractivity contribution in [1.29, 1.82) is 0 Å². The van der Waals surface area contributed by atoms with Crippen molar-refractivity contribution in [2.24, 2.45) is 13.0 Å². The number of aryl methyl sites for hydroxylation is 1. The van der Waals surface area contributed by atoms with E-state index in [4.69, 9.17) is 14.0 Å². The average Bonchev–Trinajstić information content (AvgIpc) is 3.72. The lowest BCUT2D eigenvalue weighted by Crippen LogP contribution is -2.34. The number of benzene rings is 1. The van der Waals surface area contributed by atoms with Gasteiger partial charge in [0.15, 0.2) is 17.3 Å². The fraction of sp³-hybridized carbons (Fsp3) is 0.360. The first-order chi connectivity index (χ1) is 19.9. The number of aliphatic hydroxyl groups excluding tert-OH is 2. The summed E-state index contributed by atoms with van der Waals surface area (Å²) in [4.78, 5) is 37.7. The van der Waals surface area contributed by atoms with Gasteiger partial charge in [-0.2, -0.15) is 5.10 Å². The molecular formula is C25H30N8O6. The number of amides is 3. The number of nitrogens with zero attached hydrogens (tertiary/aromatic N) is 4. The Labute approximate surface area is 228 Å². The average molecular weight is 542 g/mol. The second-order valence-electron chi connectivity index (χ2n) is 8.81. The molecule has 1 atom stereocenters. The number of aromatic nitrogens is 4. The molecule has 3 amide bonds. The van der Waals surface area contributed by atoms with Crippen molar-refractivity contribution < 1.29 is 33.4 Å². The summed E-state index contributed by atoms with van der Waals surface area (Å²) in [5.74, 6) is -1.58. The topological polar surface area (TPSA) is 193 Å². The smallest absolute Gasteiger partial charge is 0.273 e. The molecule has 0 spiro atoms. The van der Waals surface area contributed by atoms with E-state index >= 15 is 0 Å². The van der Waals surface area contributed by atoms with Gasteiger partial charge < -0.3 is 36.2 Å². The van der Waals surface area contributed by atoms with Crippen LogP contribution >= 0.6 is 0 Å². The molecule has 1 aliphatic rings. The molecule has 14 heteroatoms. The zero-order chi connectivity index (χ0) is 30.6. The van der Waals surface area contributed by atoms with Crippen molar-refractivity contribution in [2.45, 2.75) is 18.9 Å². The Hall–Kier alpha value is -4.56. The summed E-state index contributed by atoms with van der Waals surface area (Å²) in [6.45, 7) is -3.44. The van der Waals surface area contributed by atoms with E-state index in [0.717, 1.165) is 12.8 Å². The number of para-hydroxylation sites is 1. The van der Waals surface area contributed by atoms with Crippen LogP contribution < -0.4 is 26.0 Å². The fourth-order valence-corrected chi connectivity index (χ4v) is 3.73. The van der Waals surface area contributed by atoms with Gasteiger partial charge in [0.25, 0.3) is 11.8 Å². The van der Waals surface area contributed by atoms with Crippen molar-refractivity contribution in [3.63, 3.8) is 0 Å². The Bertz CT molecular complexity index is 1490. The maximum Gasteiger partial charge on any atom is 0.273 e. The van der Waals surface area contributed by atoms with E-state index in [1.165, 1.54) is 23.9 Å². The second-order valence-corrected chi connectivity index (χ2v) is 8.81. The van der Waals surface area contributed by atoms with Gasteiger partial charge in [-0.15, -0.1) is 10.2 Å². The zero-order valence-electron chi connectivity index (χ0n) is 24.2. The molecule has 1 fully saturated rings. The van der Waals surface area contributed by atoms with E-state index in [2.05, 4.69) is 31.2 Å². The minimum Gasteiger partial charge on any atom is -0.494 e. The van der Waals surface area contributed by atoms with Crippen molar-refractivity contribution in [3.8, 4) is 17.0 Å². The van der Waals surface area contributed by atoms with E-state index in [0.29, 0.717) is 16.9 Å². The van der Waals surface area contributed by atoms with Gasteiger partial charge in [0.2, 0.25) is 5.91 Å². The van der Waals surface area contributed by atoms with E-state index < -0.39 is 31.5 Å². The second kappa shape index (κ2) is 11.9. The summed E-state index contributed by atoms with van der Waals surface area (Å²) in [5.41, 5.74) is 1.02. The molecule has 1 aliphatic carbocycles. The minimum atomic E-state index is -2.79. The predicted octanol–water partition coefficient (Wildman–Crippen LogP) is 0.420. The fourth-order valence-electron chi connectivity index (χ4n) is 3.73. The van der Waals surface area contributed by atoms with Crippen LogP contribution in [0.4, 0.5) is 17.2 Å². The molecule has 1 saturated carbocycles. The van der Waals surface area contributed by atoms with Gasteiger partial charge in [0, 0.05) is 42.2 Å². The monoisotopic (exact) mass is 541 g/mol. The van der Waals surface area contributed by atoms with E-state index in [-0.39, 0.29) is 47.0 Å². The third kappa shape index (κ3) is 6.30. The Kier molecular flexibility index (Phi) is 7.17. The summed E-state index contributed by atoms with van der Waals surface area (Å²) in [7, 11) is 2.97. The maximum atomic E-state index is 12.8. The Morgan fingerprint density at radius 1 is 1.21 bits per heavy atom. The Morgan fingerprint density at radius 3 is 2.69 bits per heavy atom. The third-order valence-electron chi connectivity index (χ3n) is 5.91. The molecular weight excluding hydrogens is 508 g/mol. The third-order valence-corrected chi connectivity index (χ3v) is 5.91. The molecule has 0 saturated heterocycles. The molecule has 2 heterocycles. The van der Waals surface area contributed by atoms with E-state index in [1.54, 1.807) is 25.2 Å². The highest BCUT2D eigenvalue weighted by Gasteiger charge is 2.30. The van der Waals surface area contributed by atoms with Crippen LogP contribution in [0.5, 0.6) is 5.75 Å². The molecule has 206 valence electrons. The number of nitrogens with one attached hydrogen (secondary N) is 4. The van der Waals surface area contributed by atoms with Gasteiger partial charge in [-0.25, -0.2) is 0 Å². The van der Waals surface area contributed by atoms with Crippen LogP contribution in [0, 0.1) is 5.92 Å². The number of aliphatic hydroxyl groups is 2. The van der Waals surface area contributed by atoms with Crippen molar-refractivity contribution in [3.05, 3.63) is 41.7 Å². The number of hydrogen-bond acceptors (Lipinski definition) is 10. The zero-order valence-corrected chi connectivity index (χ0v) is 21.2. The highest BCUT2D eigenvalue weighted by molar-refractivity contribution is 6.00. The van der Waals surface area contributed by atoms with Gasteiger partial charge in [0.05, 0.1) is 36.9 Å². The number of anilines is 3. The van der Waals surface area contributed by atoms with E-state index in [1.807, 2.05) is 5.32 Å². The van der Waals surface area contributed by atoms with Crippen molar-refractivity contribution >= 4 is 34.9 Å². The number of hydrogen-bond donors (Lipinski definition) is 6. The number of methoxy groups -OCH3 is 1. The highest BCUT2D eigenvalue weighted by Crippen LogP contribution is 2.38. The largest absolute Gasteiger partial charge is 0.494 e. The molecule has 0 bridgehead atoms. The van der Waals surface area contributed by atoms with E-state index in [9.17, 15) is 19.5 Å². The summed E-state index contributed by atoms with van der Waals surface area (Å²) in [6.07, 6.45) is 0.408. The first-order valence-corrected chi connectivity index (χ1v) is 12.0. The molecule has 0 aliphatic heterocycles. The summed E-state index contributed by atoms with van der Waals surface area (Å²) < 4.78 is 29.1. The van der Waals surface area contributed by atoms with Crippen LogP contribution in [0.15, 0.2) is 30.3 Å². The Balaban J connectivity index is 1.68. The van der Waals surface area contributed by atoms with Crippen LogP contribution in [0.25, 0.3) is 11.3 Å². The van der Waals surface area contributed by atoms with Crippen molar-refractivity contribution in [1.82, 2.24) is 30.6 Å². The van der Waals surface area contributed by atoms with Crippen LogP contribution in [-0.2, 0) is 11.8 Å². The van der Waals surface area contributed by atoms with Crippen LogP contribution in [0.2, 0.25) is 0 Å². The predicted molar refractivity (Wildman–Crippen MR) is 141 cm³/mol. The van der Waals surface area contributed by atoms with Crippen LogP contribution in [0.1, 0.15) is 37.9 Å². The molecule has 1 unspecified atom stereocenters. The van der Waals surface area contributed by atoms with Gasteiger partial charge >= 0.3 is 0 Å². The standard InChI is InChI=1S/C25H30N8O6/c1-26-25(38)21-18(10-20(30-31-21)29-23(36)13-7-8-13)28-16-6-4-5-15(22(16)39-3)17-9-19(33(2)32-17)24(37)27-11-14(35)12-34/h4-6,9-10,13-14,34-35H,7-8,11-12H2,1-3H3,(H,26,38)(H,27,37)(H2,28,29,30,36)/i1D3. The van der Waals surface area contributed by atoms with Crippen LogP contribution in [-0.4, -0.2) is 81.3 Å². The molecule has 0 radical (unpaired) electrons. The first-order valence-electron chi connectivity index (χ1n) is 13.5. The normalized spacial score (nSPS) is 14.8. The molecule has 1 aromatic carbocycles. The minimum absolute atomic E-state index is 0.0387. The molecule has 6 N–H and O–H groups in total. The molecule has 2 aromatic heterocycles. The molecule has 14 nitrogen and oxygen atoms in total. The number of carbonyl (C=O) groups is 3. The van der Waals surface area contributed by atoms with Gasteiger partial charge in [0.1, 0.15) is 5.69 Å². The molecule has 39 heavy (non-hydrogen) atoms. The quantitative estimate of drug-likeness (QED) is 0.198. The SMILES string of the molecule is [2H]C([2H])([2H])NC(=O)c1nnc(NC(=O)C2CC2)cc1Nc1cccc(-c2cc(C(=O)NCC(O)CO)n(C)n2)c1OC. The summed E-state index contributed by atoms with van der Waals surface area (Å²) in [6, 6.07) is 7.86. The maximum absolute atomic E-state index is 12.8. The lowest BCUT2D eigenvalue weighted by molar-refractivity contribution is -0.117. The van der Waals surface area contributed by atoms with Gasteiger partial charge in [-0.3, -0.25) is 19.1 Å². The Morgan fingerprint density at radius 2 is 2.00 bits per heavy atom. The molecule has 4 rings (SSSR count). The molecule has 3 aromatic rings. The summed E-state index contributed by atoms with van der Waals surface area (Å²) in [5, 5.41) is 40.7. The lowest BCUT2D eigenvalue weighted by atomic mass is 10.1. The van der Waals surface area contributed by atoms with Crippen molar-refractivity contribution in [2.75, 3.05) is 37.9 Å².